The molecule has 0 aliphatic carbocycles. The Morgan fingerprint density at radius 3 is 2.20 bits per heavy atom. The largest absolute Gasteiger partial charge is 0.676 e. The zero-order valence-corrected chi connectivity index (χ0v) is 20.2. The smallest absolute Gasteiger partial charge is 0.320 e. The molecule has 10 nitrogen and oxygen atoms in total. The Kier molecular flexibility index (Phi) is 16.8. The Labute approximate surface area is 192 Å². The first kappa shape index (κ1) is 30.8. The van der Waals surface area contributed by atoms with Gasteiger partial charge in [-0.05, 0) is 26.2 Å². The molecule has 0 bridgehead atoms. The Hall–Kier alpha value is -1.38. The number of rotatable bonds is 11. The maximum absolute atomic E-state index is 11.7. The van der Waals surface area contributed by atoms with Crippen LogP contribution in [-0.4, -0.2) is 71.6 Å². The quantitative estimate of drug-likeness (QED) is 0.264. The molecule has 0 spiro atoms. The van der Waals surface area contributed by atoms with Crippen molar-refractivity contribution in [2.24, 2.45) is 11.8 Å². The van der Waals surface area contributed by atoms with E-state index in [1.165, 1.54) is 14.2 Å². The second kappa shape index (κ2) is 16.3. The molecule has 1 aromatic heterocycles. The van der Waals surface area contributed by atoms with E-state index in [0.717, 1.165) is 6.42 Å². The number of nitrogens with zero attached hydrogens (tertiary/aromatic N) is 3. The number of hydrogen-bond acceptors (Lipinski definition) is 8. The third-order valence-electron chi connectivity index (χ3n) is 3.81. The molecule has 178 valence electrons. The van der Waals surface area contributed by atoms with Crippen LogP contribution in [0.1, 0.15) is 39.8 Å². The zero-order valence-electron chi connectivity index (χ0n) is 18.6. The minimum atomic E-state index is -1.05. The fourth-order valence-corrected chi connectivity index (χ4v) is 2.27. The topological polar surface area (TPSA) is 137 Å². The Balaban J connectivity index is 0. The van der Waals surface area contributed by atoms with Gasteiger partial charge in [0.15, 0.2) is 5.92 Å². The molecular formula is C19H35N4O6Pd-. The van der Waals surface area contributed by atoms with Gasteiger partial charge in [-0.15, -0.1) is 11.6 Å². The van der Waals surface area contributed by atoms with Crippen LogP contribution in [0.4, 0.5) is 0 Å². The first-order chi connectivity index (χ1) is 13.6. The van der Waals surface area contributed by atoms with Crippen molar-refractivity contribution in [2.75, 3.05) is 34.0 Å². The van der Waals surface area contributed by atoms with Gasteiger partial charge in [-0.3, -0.25) is 9.59 Å². The van der Waals surface area contributed by atoms with Crippen molar-refractivity contribution in [3.8, 4) is 0 Å². The van der Waals surface area contributed by atoms with Gasteiger partial charge in [-0.2, -0.15) is 0 Å². The van der Waals surface area contributed by atoms with Gasteiger partial charge in [0.2, 0.25) is 0 Å². The molecule has 0 amide bonds. The number of carbonyl (C=O) groups excluding carboxylic acids is 2. The Morgan fingerprint density at radius 2 is 1.77 bits per heavy atom. The average Bonchev–Trinajstić information content (AvgIpc) is 3.10. The van der Waals surface area contributed by atoms with Crippen molar-refractivity contribution < 1.29 is 49.3 Å². The summed E-state index contributed by atoms with van der Waals surface area (Å²) in [4.78, 5) is 23.5. The van der Waals surface area contributed by atoms with E-state index in [1.807, 2.05) is 13.8 Å². The number of aliphatic hydroxyl groups excluding tert-OH is 1. The summed E-state index contributed by atoms with van der Waals surface area (Å²) in [6.45, 7) is 9.58. The number of aliphatic hydroxyl groups is 1. The molecule has 1 aromatic rings. The molecular weight excluding hydrogens is 487 g/mol. The van der Waals surface area contributed by atoms with Crippen molar-refractivity contribution >= 4 is 11.9 Å². The third kappa shape index (κ3) is 13.0. The molecule has 11 heteroatoms. The van der Waals surface area contributed by atoms with Crippen molar-refractivity contribution in [3.05, 3.63) is 17.6 Å². The number of ether oxygens (including phenoxy) is 3. The molecule has 0 unspecified atom stereocenters. The SMILES string of the molecule is COC(=O)C(Cc1cn(CC(C)(C)OCCC(C)C)nn1)C(=O)OC.[NH-]CCO.[Pd]. The summed E-state index contributed by atoms with van der Waals surface area (Å²) in [6, 6.07) is 0. The molecule has 0 radical (unpaired) electrons. The van der Waals surface area contributed by atoms with Gasteiger partial charge < -0.3 is 25.1 Å². The van der Waals surface area contributed by atoms with E-state index in [9.17, 15) is 9.59 Å². The van der Waals surface area contributed by atoms with E-state index < -0.39 is 23.5 Å². The van der Waals surface area contributed by atoms with E-state index in [2.05, 4.69) is 33.6 Å². The van der Waals surface area contributed by atoms with E-state index in [-0.39, 0.29) is 40.0 Å². The second-order valence-electron chi connectivity index (χ2n) is 7.47. The van der Waals surface area contributed by atoms with Crippen molar-refractivity contribution in [1.82, 2.24) is 15.0 Å². The Morgan fingerprint density at radius 1 is 1.23 bits per heavy atom. The molecule has 0 aromatic carbocycles. The van der Waals surface area contributed by atoms with E-state index in [0.29, 0.717) is 24.8 Å². The predicted octanol–water partition coefficient (Wildman–Crippen LogP) is 1.65. The van der Waals surface area contributed by atoms with Gasteiger partial charge in [-0.25, -0.2) is 4.68 Å². The molecule has 0 aliphatic rings. The number of esters is 2. The van der Waals surface area contributed by atoms with Crippen LogP contribution in [0, 0.1) is 11.8 Å². The molecule has 0 saturated heterocycles. The van der Waals surface area contributed by atoms with Gasteiger partial charge in [0.1, 0.15) is 0 Å². The fraction of sp³-hybridized carbons (Fsp3) is 0.789. The van der Waals surface area contributed by atoms with E-state index in [1.54, 1.807) is 10.9 Å². The fourth-order valence-electron chi connectivity index (χ4n) is 2.27. The molecule has 1 rings (SSSR count). The molecule has 2 N–H and O–H groups in total. The first-order valence-electron chi connectivity index (χ1n) is 9.54. The molecule has 0 aliphatic heterocycles. The van der Waals surface area contributed by atoms with Crippen molar-refractivity contribution in [1.29, 1.82) is 0 Å². The number of nitrogens with one attached hydrogen (secondary N) is 1. The van der Waals surface area contributed by atoms with Gasteiger partial charge in [0.05, 0.1) is 32.1 Å². The summed E-state index contributed by atoms with van der Waals surface area (Å²) in [5, 5.41) is 15.8. The van der Waals surface area contributed by atoms with Crippen molar-refractivity contribution in [3.63, 3.8) is 0 Å². The zero-order chi connectivity index (χ0) is 22.4. The molecule has 0 fully saturated rings. The summed E-state index contributed by atoms with van der Waals surface area (Å²) in [5.74, 6) is -1.77. The van der Waals surface area contributed by atoms with Gasteiger partial charge in [-0.1, -0.05) is 19.1 Å². The van der Waals surface area contributed by atoms with Crippen LogP contribution in [0.25, 0.3) is 5.73 Å². The normalized spacial score (nSPS) is 10.9. The minimum Gasteiger partial charge on any atom is -0.676 e. The van der Waals surface area contributed by atoms with E-state index >= 15 is 0 Å². The molecule has 1 heterocycles. The number of aromatic nitrogens is 3. The molecule has 30 heavy (non-hydrogen) atoms. The number of methoxy groups -OCH3 is 2. The molecule has 0 saturated carbocycles. The maximum atomic E-state index is 11.7. The summed E-state index contributed by atoms with van der Waals surface area (Å²) in [7, 11) is 2.46. The summed E-state index contributed by atoms with van der Waals surface area (Å²) >= 11 is 0. The minimum absolute atomic E-state index is 0. The molecule has 0 atom stereocenters. The third-order valence-corrected chi connectivity index (χ3v) is 3.81. The van der Waals surface area contributed by atoms with Crippen LogP contribution in [0.3, 0.4) is 0 Å². The maximum Gasteiger partial charge on any atom is 0.320 e. The van der Waals surface area contributed by atoms with Crippen LogP contribution >= 0.6 is 0 Å². The van der Waals surface area contributed by atoms with Crippen LogP contribution in [0.2, 0.25) is 0 Å². The number of carbonyl (C=O) groups is 2. The summed E-state index contributed by atoms with van der Waals surface area (Å²) in [6.07, 6.45) is 2.77. The van der Waals surface area contributed by atoms with E-state index in [4.69, 9.17) is 15.6 Å². The van der Waals surface area contributed by atoms with Gasteiger partial charge in [0, 0.05) is 46.3 Å². The standard InChI is InChI=1S/C17H29N3O5.C2H6NO.Pd/c1-12(2)7-8-25-17(3,4)11-20-10-13(18-19-20)9-14(15(21)23-5)16(22)24-6;3-1-2-4;/h10,12,14H,7-9,11H2,1-6H3;3-4H,1-2H2;/q;-1;. The van der Waals surface area contributed by atoms with Crippen molar-refractivity contribution in [2.45, 2.75) is 52.7 Å². The monoisotopic (exact) mass is 521 g/mol. The Bertz CT molecular complexity index is 592. The number of hydrogen-bond donors (Lipinski definition) is 1. The van der Waals surface area contributed by atoms with Crippen LogP contribution in [0.15, 0.2) is 6.20 Å². The first-order valence-corrected chi connectivity index (χ1v) is 9.54. The van der Waals surface area contributed by atoms with Crippen LogP contribution < -0.4 is 0 Å². The average molecular weight is 522 g/mol. The van der Waals surface area contributed by atoms with Crippen LogP contribution in [0.5, 0.6) is 0 Å². The second-order valence-corrected chi connectivity index (χ2v) is 7.47. The summed E-state index contributed by atoms with van der Waals surface area (Å²) < 4.78 is 16.8. The van der Waals surface area contributed by atoms with Gasteiger partial charge in [0.25, 0.3) is 0 Å². The predicted molar refractivity (Wildman–Crippen MR) is 107 cm³/mol. The van der Waals surface area contributed by atoms with Gasteiger partial charge >= 0.3 is 11.9 Å². The van der Waals surface area contributed by atoms with Crippen LogP contribution in [-0.2, 0) is 57.2 Å². The summed E-state index contributed by atoms with van der Waals surface area (Å²) in [5.41, 5.74) is 6.32.